The van der Waals surface area contributed by atoms with Gasteiger partial charge in [-0.2, -0.15) is 0 Å². The van der Waals surface area contributed by atoms with E-state index in [2.05, 4.69) is 10.6 Å². The summed E-state index contributed by atoms with van der Waals surface area (Å²) < 4.78 is 24.3. The molecule has 1 aromatic rings. The summed E-state index contributed by atoms with van der Waals surface area (Å²) in [6.07, 6.45) is 7.50. The molecule has 67 heavy (non-hydrogen) atoms. The van der Waals surface area contributed by atoms with Crippen LogP contribution in [-0.2, 0) is 54.0 Å². The molecule has 8 unspecified atom stereocenters. The van der Waals surface area contributed by atoms with E-state index in [1.54, 1.807) is 28.7 Å². The first kappa shape index (κ1) is 53.5. The van der Waals surface area contributed by atoms with E-state index in [4.69, 9.17) is 9.47 Å². The number of hydrogen-bond acceptors (Lipinski definition) is 10. The zero-order valence-electron chi connectivity index (χ0n) is 40.7. The van der Waals surface area contributed by atoms with Crippen LogP contribution in [0, 0.1) is 23.7 Å². The SMILES string of the molecule is CCC(C)C(C(CC(=O)N1CCC[C@H]1C(OC)C(C)C(=O)NC(Cc1ccccc1)[PH](=O)O)OC)N(C)C(=O)C(NC(=O)[C@@H]1[C@H]2CC[C@H](C2)N1C(=O)CCCCCN1C(=O)C=CC1=O)C(C)C. The molecule has 1 aliphatic carbocycles. The molecule has 3 N–H and O–H groups in total. The van der Waals surface area contributed by atoms with Crippen LogP contribution in [0.2, 0.25) is 0 Å². The Balaban J connectivity index is 1.22. The van der Waals surface area contributed by atoms with Crippen LogP contribution >= 0.6 is 8.03 Å². The van der Waals surface area contributed by atoms with Gasteiger partial charge in [-0.15, -0.1) is 0 Å². The lowest BCUT2D eigenvalue weighted by atomic mass is 9.89. The average molecular weight is 955 g/mol. The van der Waals surface area contributed by atoms with Crippen molar-refractivity contribution in [3.05, 3.63) is 48.0 Å². The number of fused-ring (bicyclic) bond motifs is 2. The molecule has 0 aromatic heterocycles. The predicted octanol–water partition coefficient (Wildman–Crippen LogP) is 4.06. The van der Waals surface area contributed by atoms with Gasteiger partial charge in [0.25, 0.3) is 11.8 Å². The van der Waals surface area contributed by atoms with Gasteiger partial charge in [-0.25, -0.2) is 0 Å². The Hall–Kier alpha value is -4.44. The van der Waals surface area contributed by atoms with Gasteiger partial charge in [-0.1, -0.05) is 77.8 Å². The quantitative estimate of drug-likeness (QED) is 0.0723. The first-order chi connectivity index (χ1) is 31.9. The van der Waals surface area contributed by atoms with Crippen LogP contribution < -0.4 is 10.6 Å². The summed E-state index contributed by atoms with van der Waals surface area (Å²) in [5.41, 5.74) is 0.813. The van der Waals surface area contributed by atoms with Crippen LogP contribution in [0.4, 0.5) is 0 Å². The average Bonchev–Trinajstić information content (AvgIpc) is 4.13. The van der Waals surface area contributed by atoms with Crippen molar-refractivity contribution in [2.45, 2.75) is 160 Å². The number of benzene rings is 1. The van der Waals surface area contributed by atoms with Crippen LogP contribution in [0.1, 0.15) is 111 Å². The second kappa shape index (κ2) is 24.7. The highest BCUT2D eigenvalue weighted by atomic mass is 31.1. The van der Waals surface area contributed by atoms with Crippen LogP contribution in [0.3, 0.4) is 0 Å². The Kier molecular flexibility index (Phi) is 19.7. The highest BCUT2D eigenvalue weighted by Crippen LogP contribution is 2.43. The highest BCUT2D eigenvalue weighted by Gasteiger charge is 2.52. The van der Waals surface area contributed by atoms with Crippen molar-refractivity contribution < 1.29 is 52.5 Å². The lowest BCUT2D eigenvalue weighted by Crippen LogP contribution is -2.60. The molecule has 1 aromatic carbocycles. The molecule has 12 atom stereocenters. The number of carbonyl (C=O) groups is 7. The van der Waals surface area contributed by atoms with Gasteiger partial charge in [0.2, 0.25) is 37.6 Å². The van der Waals surface area contributed by atoms with Crippen molar-refractivity contribution in [1.82, 2.24) is 30.2 Å². The number of imide groups is 1. The van der Waals surface area contributed by atoms with E-state index in [0.29, 0.717) is 51.6 Å². The van der Waals surface area contributed by atoms with Crippen LogP contribution in [0.25, 0.3) is 0 Å². The van der Waals surface area contributed by atoms with Gasteiger partial charge >= 0.3 is 0 Å². The van der Waals surface area contributed by atoms with E-state index in [-0.39, 0.29) is 78.5 Å². The first-order valence-electron chi connectivity index (χ1n) is 24.3. The van der Waals surface area contributed by atoms with Crippen molar-refractivity contribution in [3.63, 3.8) is 0 Å². The topological polar surface area (TPSA) is 212 Å². The third-order valence-electron chi connectivity index (χ3n) is 14.7. The van der Waals surface area contributed by atoms with Crippen molar-refractivity contribution in [3.8, 4) is 0 Å². The summed E-state index contributed by atoms with van der Waals surface area (Å²) in [5, 5.41) is 5.83. The molecule has 0 radical (unpaired) electrons. The first-order valence-corrected chi connectivity index (χ1v) is 25.7. The van der Waals surface area contributed by atoms with Gasteiger partial charge in [0.1, 0.15) is 17.9 Å². The minimum atomic E-state index is -3.14. The van der Waals surface area contributed by atoms with E-state index < -0.39 is 62.0 Å². The molecular formula is C49H75N6O11P. The van der Waals surface area contributed by atoms with Gasteiger partial charge in [0, 0.05) is 65.4 Å². The maximum atomic E-state index is 14.7. The van der Waals surface area contributed by atoms with E-state index in [1.165, 1.54) is 31.3 Å². The molecule has 2 saturated heterocycles. The summed E-state index contributed by atoms with van der Waals surface area (Å²) in [7, 11) is 1.56. The summed E-state index contributed by atoms with van der Waals surface area (Å²) in [4.78, 5) is 111. The van der Waals surface area contributed by atoms with E-state index in [0.717, 1.165) is 24.8 Å². The fourth-order valence-corrected chi connectivity index (χ4v) is 11.5. The monoisotopic (exact) mass is 955 g/mol. The molecule has 1 saturated carbocycles. The lowest BCUT2D eigenvalue weighted by Gasteiger charge is -2.41. The number of amides is 7. The zero-order valence-corrected chi connectivity index (χ0v) is 41.7. The Labute approximate surface area is 396 Å². The smallest absolute Gasteiger partial charge is 0.253 e. The van der Waals surface area contributed by atoms with Crippen LogP contribution in [0.15, 0.2) is 42.5 Å². The molecule has 3 heterocycles. The van der Waals surface area contributed by atoms with Gasteiger partial charge in [-0.3, -0.25) is 43.0 Å². The molecule has 7 amide bonds. The molecule has 0 spiro atoms. The number of hydrogen-bond donors (Lipinski definition) is 3. The number of methoxy groups -OCH3 is 2. The van der Waals surface area contributed by atoms with Crippen molar-refractivity contribution in [1.29, 1.82) is 0 Å². The summed E-state index contributed by atoms with van der Waals surface area (Å²) in [5.74, 6) is -4.29. The second-order valence-electron chi connectivity index (χ2n) is 19.4. The summed E-state index contributed by atoms with van der Waals surface area (Å²) in [6, 6.07) is 6.49. The Morgan fingerprint density at radius 2 is 1.60 bits per heavy atom. The number of nitrogens with zero attached hydrogens (tertiary/aromatic N) is 4. The zero-order chi connectivity index (χ0) is 49.1. The largest absolute Gasteiger partial charge is 0.379 e. The van der Waals surface area contributed by atoms with Crippen LogP contribution in [-0.4, -0.2) is 148 Å². The fraction of sp³-hybridized carbons (Fsp3) is 0.694. The van der Waals surface area contributed by atoms with E-state index >= 15 is 0 Å². The van der Waals surface area contributed by atoms with Crippen molar-refractivity contribution >= 4 is 49.4 Å². The molecule has 3 aliphatic heterocycles. The molecule has 372 valence electrons. The second-order valence-corrected chi connectivity index (χ2v) is 20.7. The third-order valence-corrected chi connectivity index (χ3v) is 15.6. The molecule has 4 aliphatic rings. The highest BCUT2D eigenvalue weighted by molar-refractivity contribution is 7.38. The Morgan fingerprint density at radius 3 is 2.21 bits per heavy atom. The summed E-state index contributed by atoms with van der Waals surface area (Å²) >= 11 is 0. The number of likely N-dealkylation sites (tertiary alicyclic amines) is 2. The van der Waals surface area contributed by atoms with Gasteiger partial charge in [-0.05, 0) is 68.3 Å². The standard InChI is InChI=1S/C49H75N6O11P/c1-9-31(4)44(37(65-7)29-42(59)53-26-16-19-36(53)46(66-8)32(5)47(60)50-38(67(63)64)27-33-17-12-10-13-18-33)52(6)49(62)43(30(2)3)51-48(61)45-34-21-22-35(28-34)55(45)41(58)20-14-11-15-25-54-39(56)23-24-40(54)57/h10,12-13,17-18,23-24,30-32,34-38,43-46,67H,9,11,14-16,19-22,25-29H2,1-8H3,(H,50,60)(H,51,61)(H,63,64)/t31?,32?,34-,35+,36-,37?,38?,43?,44?,45-,46?/m0/s1. The molecule has 2 bridgehead atoms. The summed E-state index contributed by atoms with van der Waals surface area (Å²) in [6.45, 7) is 10.2. The molecule has 18 heteroatoms. The van der Waals surface area contributed by atoms with Crippen LogP contribution in [0.5, 0.6) is 0 Å². The molecule has 17 nitrogen and oxygen atoms in total. The number of carbonyl (C=O) groups excluding carboxylic acids is 7. The van der Waals surface area contributed by atoms with E-state index in [9.17, 15) is 43.0 Å². The Morgan fingerprint density at radius 1 is 0.910 bits per heavy atom. The van der Waals surface area contributed by atoms with E-state index in [1.807, 2.05) is 58.0 Å². The van der Waals surface area contributed by atoms with Crippen molar-refractivity contribution in [2.75, 3.05) is 34.4 Å². The molecule has 3 fully saturated rings. The maximum Gasteiger partial charge on any atom is 0.253 e. The van der Waals surface area contributed by atoms with Gasteiger partial charge in [0.15, 0.2) is 0 Å². The number of piperidine rings is 1. The number of likely N-dealkylation sites (N-methyl/N-ethyl adjacent to an activating group) is 1. The third kappa shape index (κ3) is 13.0. The maximum absolute atomic E-state index is 14.7. The number of ether oxygens (including phenoxy) is 2. The lowest BCUT2D eigenvalue weighted by molar-refractivity contribution is -0.149. The normalized spacial score (nSPS) is 23.8. The van der Waals surface area contributed by atoms with Crippen molar-refractivity contribution in [2.24, 2.45) is 23.7 Å². The van der Waals surface area contributed by atoms with Gasteiger partial charge in [0.05, 0.1) is 36.6 Å². The minimum absolute atomic E-state index is 0.0148. The molecule has 5 rings (SSSR count). The predicted molar refractivity (Wildman–Crippen MR) is 252 cm³/mol. The Bertz CT molecular complexity index is 1950. The fourth-order valence-electron chi connectivity index (χ4n) is 10.8. The number of rotatable bonds is 25. The number of nitrogens with one attached hydrogen (secondary N) is 2. The minimum Gasteiger partial charge on any atom is -0.379 e. The number of unbranched alkanes of at least 4 members (excludes halogenated alkanes) is 2. The van der Waals surface area contributed by atoms with Gasteiger partial charge < -0.3 is 39.7 Å². The molecular weight excluding hydrogens is 880 g/mol.